The maximum absolute atomic E-state index is 13.3. The highest BCUT2D eigenvalue weighted by Gasteiger charge is 2.45. The van der Waals surface area contributed by atoms with Crippen LogP contribution in [0, 0.1) is 19.3 Å². The topological polar surface area (TPSA) is 101 Å². The highest BCUT2D eigenvalue weighted by Crippen LogP contribution is 2.43. The number of pyridine rings is 2. The zero-order valence-electron chi connectivity index (χ0n) is 26.4. The molecule has 1 aliphatic heterocycles. The second kappa shape index (κ2) is 12.7. The molecular formula is C34H41N5O5. The zero-order valence-corrected chi connectivity index (χ0v) is 26.4. The van der Waals surface area contributed by atoms with Crippen molar-refractivity contribution in [3.63, 3.8) is 0 Å². The lowest BCUT2D eigenvalue weighted by molar-refractivity contribution is -0.137. The maximum Gasteiger partial charge on any atom is 0.261 e. The molecule has 2 amide bonds. The average Bonchev–Trinajstić information content (AvgIpc) is 3.47. The molecule has 10 heteroatoms. The minimum absolute atomic E-state index is 0.0704. The molecule has 0 bridgehead atoms. The lowest BCUT2D eigenvalue weighted by atomic mass is 9.90. The van der Waals surface area contributed by atoms with E-state index in [4.69, 9.17) is 9.15 Å². The van der Waals surface area contributed by atoms with Gasteiger partial charge < -0.3 is 23.5 Å². The maximum atomic E-state index is 13.3. The summed E-state index contributed by atoms with van der Waals surface area (Å²) in [5, 5.41) is 0.572. The number of ether oxygens (including phenoxy) is 1. The number of nitrogens with zero attached hydrogens (tertiary/aromatic N) is 5. The predicted octanol–water partition coefficient (Wildman–Crippen LogP) is 4.93. The van der Waals surface area contributed by atoms with Crippen molar-refractivity contribution in [3.8, 4) is 5.75 Å². The molecule has 4 aromatic rings. The van der Waals surface area contributed by atoms with Crippen LogP contribution in [0.25, 0.3) is 11.0 Å². The first-order valence-corrected chi connectivity index (χ1v) is 15.1. The summed E-state index contributed by atoms with van der Waals surface area (Å²) in [4.78, 5) is 49.8. The Morgan fingerprint density at radius 3 is 2.55 bits per heavy atom. The number of furan rings is 1. The van der Waals surface area contributed by atoms with E-state index in [1.165, 1.54) is 6.26 Å². The molecule has 0 unspecified atom stereocenters. The highest BCUT2D eigenvalue weighted by molar-refractivity contribution is 6.20. The van der Waals surface area contributed by atoms with E-state index in [-0.39, 0.29) is 17.4 Å². The number of aryl methyl sites for hydroxylation is 2. The van der Waals surface area contributed by atoms with Crippen molar-refractivity contribution >= 4 is 34.2 Å². The van der Waals surface area contributed by atoms with Crippen LogP contribution < -0.4 is 20.1 Å². The molecule has 44 heavy (non-hydrogen) atoms. The summed E-state index contributed by atoms with van der Waals surface area (Å²) >= 11 is 0. The Morgan fingerprint density at radius 1 is 1.00 bits per heavy atom. The molecule has 232 valence electrons. The fourth-order valence-electron chi connectivity index (χ4n) is 5.85. The number of rotatable bonds is 11. The average molecular weight is 600 g/mol. The standard InChI is InChI=1S/C34H41N5O5/c1-7-39-27-10-8-11-29(30(27)36(6)32(41)34(4,5)33(39)42)43-20-9-16-37(22-25-13-12-23(2)35-24(25)3)18-19-38-17-14-28-26(31(38)40)15-21-44-28/h8,10-15,17,21H,7,9,16,18-20,22H2,1-6H3. The molecule has 0 radical (unpaired) electrons. The summed E-state index contributed by atoms with van der Waals surface area (Å²) in [6.07, 6.45) is 4.02. The quantitative estimate of drug-likeness (QED) is 0.178. The van der Waals surface area contributed by atoms with Gasteiger partial charge in [-0.1, -0.05) is 12.1 Å². The van der Waals surface area contributed by atoms with Crippen molar-refractivity contribution in [1.29, 1.82) is 0 Å². The SMILES string of the molecule is CCN1C(=O)C(C)(C)C(=O)N(C)c2c(OCCCN(CCn3ccc4occc4c3=O)Cc3ccc(C)nc3C)cccc21. The second-order valence-corrected chi connectivity index (χ2v) is 11.9. The lowest BCUT2D eigenvalue weighted by Gasteiger charge is -2.27. The number of para-hydroxylation sites is 1. The fourth-order valence-corrected chi connectivity index (χ4v) is 5.85. The number of carbonyl (C=O) groups excluding carboxylic acids is 2. The molecular weight excluding hydrogens is 558 g/mol. The Bertz CT molecular complexity index is 1740. The van der Waals surface area contributed by atoms with Gasteiger partial charge in [-0.3, -0.25) is 24.3 Å². The third-order valence-electron chi connectivity index (χ3n) is 8.39. The van der Waals surface area contributed by atoms with Gasteiger partial charge in [0.05, 0.1) is 23.9 Å². The Hall–Kier alpha value is -4.44. The Morgan fingerprint density at radius 2 is 1.80 bits per heavy atom. The van der Waals surface area contributed by atoms with Crippen LogP contribution in [0.5, 0.6) is 5.75 Å². The molecule has 0 spiro atoms. The van der Waals surface area contributed by atoms with Gasteiger partial charge in [0.15, 0.2) is 0 Å². The minimum Gasteiger partial charge on any atom is -0.491 e. The fraction of sp³-hybridized carbons (Fsp3) is 0.412. The molecule has 0 N–H and O–H groups in total. The van der Waals surface area contributed by atoms with Crippen molar-refractivity contribution in [3.05, 3.63) is 82.2 Å². The molecule has 1 aromatic carbocycles. The lowest BCUT2D eigenvalue weighted by Crippen LogP contribution is -2.47. The Kier molecular flexibility index (Phi) is 8.92. The normalized spacial score (nSPS) is 14.8. The summed E-state index contributed by atoms with van der Waals surface area (Å²) in [5.74, 6) is 0.0653. The van der Waals surface area contributed by atoms with E-state index < -0.39 is 5.41 Å². The van der Waals surface area contributed by atoms with Crippen LogP contribution in [0.2, 0.25) is 0 Å². The smallest absolute Gasteiger partial charge is 0.261 e. The number of fused-ring (bicyclic) bond motifs is 2. The monoisotopic (exact) mass is 599 g/mol. The van der Waals surface area contributed by atoms with E-state index >= 15 is 0 Å². The molecule has 1 aliphatic rings. The van der Waals surface area contributed by atoms with Gasteiger partial charge >= 0.3 is 0 Å². The number of anilines is 2. The van der Waals surface area contributed by atoms with Crippen molar-refractivity contribution in [2.75, 3.05) is 43.1 Å². The number of benzene rings is 1. The van der Waals surface area contributed by atoms with E-state index in [1.54, 1.807) is 47.5 Å². The largest absolute Gasteiger partial charge is 0.491 e. The first-order valence-electron chi connectivity index (χ1n) is 15.1. The molecule has 0 aliphatic carbocycles. The van der Waals surface area contributed by atoms with Crippen LogP contribution in [0.1, 0.15) is 44.1 Å². The zero-order chi connectivity index (χ0) is 31.6. The molecule has 3 aromatic heterocycles. The molecule has 10 nitrogen and oxygen atoms in total. The number of carbonyl (C=O) groups is 2. The molecule has 0 atom stereocenters. The van der Waals surface area contributed by atoms with E-state index in [0.717, 1.165) is 17.0 Å². The van der Waals surface area contributed by atoms with Crippen LogP contribution in [0.4, 0.5) is 11.4 Å². The van der Waals surface area contributed by atoms with Gasteiger partial charge in [-0.25, -0.2) is 0 Å². The first kappa shape index (κ1) is 31.0. The third-order valence-corrected chi connectivity index (χ3v) is 8.39. The van der Waals surface area contributed by atoms with Crippen molar-refractivity contribution < 1.29 is 18.7 Å². The molecule has 5 rings (SSSR count). The minimum atomic E-state index is -1.19. The van der Waals surface area contributed by atoms with Crippen molar-refractivity contribution in [2.24, 2.45) is 5.41 Å². The van der Waals surface area contributed by atoms with Crippen molar-refractivity contribution in [1.82, 2.24) is 14.5 Å². The van der Waals surface area contributed by atoms with Crippen LogP contribution in [0.3, 0.4) is 0 Å². The van der Waals surface area contributed by atoms with Gasteiger partial charge in [-0.2, -0.15) is 0 Å². The van der Waals surface area contributed by atoms with Crippen LogP contribution in [-0.2, 0) is 22.7 Å². The van der Waals surface area contributed by atoms with Crippen LogP contribution >= 0.6 is 0 Å². The number of hydrogen-bond acceptors (Lipinski definition) is 7. The van der Waals surface area contributed by atoms with Gasteiger partial charge in [-0.15, -0.1) is 0 Å². The second-order valence-electron chi connectivity index (χ2n) is 11.9. The Balaban J connectivity index is 1.31. The predicted molar refractivity (Wildman–Crippen MR) is 171 cm³/mol. The van der Waals surface area contributed by atoms with E-state index in [1.807, 2.05) is 51.1 Å². The highest BCUT2D eigenvalue weighted by atomic mass is 16.5. The molecule has 0 saturated heterocycles. The van der Waals surface area contributed by atoms with Gasteiger partial charge in [0.25, 0.3) is 5.56 Å². The van der Waals surface area contributed by atoms with Gasteiger partial charge in [-0.05, 0) is 76.9 Å². The molecule has 4 heterocycles. The molecule has 0 saturated carbocycles. The summed E-state index contributed by atoms with van der Waals surface area (Å²) < 4.78 is 13.4. The van der Waals surface area contributed by atoms with Crippen molar-refractivity contribution in [2.45, 2.75) is 54.1 Å². The van der Waals surface area contributed by atoms with E-state index in [9.17, 15) is 14.4 Å². The van der Waals surface area contributed by atoms with Crippen LogP contribution in [0.15, 0.2) is 64.1 Å². The summed E-state index contributed by atoms with van der Waals surface area (Å²) in [6, 6.07) is 13.2. The van der Waals surface area contributed by atoms with Gasteiger partial charge in [0, 0.05) is 57.4 Å². The third kappa shape index (κ3) is 5.99. The summed E-state index contributed by atoms with van der Waals surface area (Å²) in [7, 11) is 1.70. The van der Waals surface area contributed by atoms with E-state index in [0.29, 0.717) is 73.8 Å². The van der Waals surface area contributed by atoms with Gasteiger partial charge in [0.2, 0.25) is 11.8 Å². The van der Waals surface area contributed by atoms with E-state index in [2.05, 4.69) is 16.0 Å². The Labute approximate surface area is 257 Å². The number of hydrogen-bond donors (Lipinski definition) is 0. The first-order chi connectivity index (χ1) is 21.0. The van der Waals surface area contributed by atoms with Crippen LogP contribution in [-0.4, -0.2) is 59.6 Å². The van der Waals surface area contributed by atoms with Gasteiger partial charge in [0.1, 0.15) is 22.4 Å². The molecule has 0 fully saturated rings. The number of aromatic nitrogens is 2. The summed E-state index contributed by atoms with van der Waals surface area (Å²) in [5.41, 5.74) is 3.70. The number of amides is 2. The summed E-state index contributed by atoms with van der Waals surface area (Å²) in [6.45, 7) is 12.7.